The Morgan fingerprint density at radius 1 is 1.21 bits per heavy atom. The highest BCUT2D eigenvalue weighted by atomic mass is 16.7. The fraction of sp³-hybridized carbons (Fsp3) is 0.800. The van der Waals surface area contributed by atoms with Gasteiger partial charge in [0.1, 0.15) is 5.54 Å². The maximum atomic E-state index is 12.5. The van der Waals surface area contributed by atoms with Crippen molar-refractivity contribution in [3.05, 3.63) is 12.7 Å². The summed E-state index contributed by atoms with van der Waals surface area (Å²) >= 11 is 0. The minimum atomic E-state index is -0.769. The summed E-state index contributed by atoms with van der Waals surface area (Å²) in [7, 11) is 0. The van der Waals surface area contributed by atoms with E-state index in [0.717, 1.165) is 0 Å². The second-order valence-electron chi connectivity index (χ2n) is 7.31. The molecule has 0 aliphatic heterocycles. The molecule has 0 saturated heterocycles. The van der Waals surface area contributed by atoms with E-state index in [1.165, 1.54) is 0 Å². The van der Waals surface area contributed by atoms with Gasteiger partial charge in [-0.05, 0) is 55.4 Å². The van der Waals surface area contributed by atoms with E-state index in [2.05, 4.69) is 11.9 Å². The molecule has 0 spiro atoms. The smallest absolute Gasteiger partial charge is 0.242 e. The van der Waals surface area contributed by atoms with Gasteiger partial charge in [-0.15, -0.1) is 6.58 Å². The SMILES string of the molecule is C=CCON(C(C)(C)C)C(C)(C)C(=O)NC(C)(C)C.[HH]. The highest BCUT2D eigenvalue weighted by molar-refractivity contribution is 5.85. The molecule has 0 aromatic carbocycles. The van der Waals surface area contributed by atoms with Gasteiger partial charge in [0.2, 0.25) is 5.91 Å². The number of carbonyl (C=O) groups is 1. The summed E-state index contributed by atoms with van der Waals surface area (Å²) in [5.74, 6) is -0.0565. The van der Waals surface area contributed by atoms with E-state index in [1.54, 1.807) is 11.1 Å². The molecule has 1 N–H and O–H groups in total. The Morgan fingerprint density at radius 3 is 2.00 bits per heavy atom. The highest BCUT2D eigenvalue weighted by Gasteiger charge is 2.42. The number of amides is 1. The molecular weight excluding hydrogens is 240 g/mol. The van der Waals surface area contributed by atoms with Crippen molar-refractivity contribution in [2.75, 3.05) is 6.61 Å². The molecule has 0 aliphatic carbocycles. The molecule has 4 heteroatoms. The second-order valence-corrected chi connectivity index (χ2v) is 7.31. The van der Waals surface area contributed by atoms with E-state index in [-0.39, 0.29) is 18.4 Å². The molecule has 0 aromatic rings. The molecule has 0 aliphatic rings. The van der Waals surface area contributed by atoms with Crippen molar-refractivity contribution in [2.45, 2.75) is 72.0 Å². The fourth-order valence-corrected chi connectivity index (χ4v) is 1.91. The van der Waals surface area contributed by atoms with Crippen LogP contribution in [0.25, 0.3) is 0 Å². The minimum Gasteiger partial charge on any atom is -0.350 e. The van der Waals surface area contributed by atoms with Crippen LogP contribution in [0, 0.1) is 0 Å². The fourth-order valence-electron chi connectivity index (χ4n) is 1.91. The van der Waals surface area contributed by atoms with E-state index < -0.39 is 5.54 Å². The van der Waals surface area contributed by atoms with Gasteiger partial charge in [-0.25, -0.2) is 0 Å². The molecule has 0 atom stereocenters. The molecule has 19 heavy (non-hydrogen) atoms. The van der Waals surface area contributed by atoms with Crippen molar-refractivity contribution < 1.29 is 11.1 Å². The van der Waals surface area contributed by atoms with Crippen LogP contribution in [0.3, 0.4) is 0 Å². The highest BCUT2D eigenvalue weighted by Crippen LogP contribution is 2.26. The van der Waals surface area contributed by atoms with Crippen LogP contribution < -0.4 is 5.32 Å². The number of nitrogens with one attached hydrogen (secondary N) is 1. The summed E-state index contributed by atoms with van der Waals surface area (Å²) in [5, 5.41) is 4.74. The van der Waals surface area contributed by atoms with Gasteiger partial charge in [0, 0.05) is 12.5 Å². The molecule has 0 saturated carbocycles. The van der Waals surface area contributed by atoms with Gasteiger partial charge in [-0.3, -0.25) is 9.63 Å². The molecule has 1 amide bonds. The van der Waals surface area contributed by atoms with Gasteiger partial charge < -0.3 is 5.32 Å². The summed E-state index contributed by atoms with van der Waals surface area (Å²) < 4.78 is 0. The standard InChI is InChI=1S/C15H30N2O2.H2/c1-10-11-19-17(14(5,6)7)15(8,9)12(18)16-13(2,3)4;/h10H,1,11H2,2-9H3,(H,16,18);1H. The molecule has 0 heterocycles. The first-order chi connectivity index (χ1) is 8.32. The predicted octanol–water partition coefficient (Wildman–Crippen LogP) is 3.14. The van der Waals surface area contributed by atoms with Gasteiger partial charge >= 0.3 is 0 Å². The van der Waals surface area contributed by atoms with Gasteiger partial charge in [-0.2, -0.15) is 5.06 Å². The van der Waals surface area contributed by atoms with Crippen molar-refractivity contribution in [3.8, 4) is 0 Å². The van der Waals surface area contributed by atoms with Crippen LogP contribution in [0.1, 0.15) is 56.8 Å². The molecule has 0 unspecified atom stereocenters. The van der Waals surface area contributed by atoms with Crippen LogP contribution in [-0.4, -0.2) is 34.2 Å². The maximum absolute atomic E-state index is 12.5. The molecule has 0 fully saturated rings. The first kappa shape index (κ1) is 18.1. The molecule has 114 valence electrons. The lowest BCUT2D eigenvalue weighted by Crippen LogP contribution is -2.63. The van der Waals surface area contributed by atoms with Crippen molar-refractivity contribution in [1.29, 1.82) is 0 Å². The van der Waals surface area contributed by atoms with Crippen molar-refractivity contribution >= 4 is 5.91 Å². The first-order valence-electron chi connectivity index (χ1n) is 6.69. The van der Waals surface area contributed by atoms with Crippen LogP contribution in [0.4, 0.5) is 0 Å². The number of hydrogen-bond acceptors (Lipinski definition) is 3. The Hall–Kier alpha value is -0.870. The van der Waals surface area contributed by atoms with Crippen molar-refractivity contribution in [2.24, 2.45) is 0 Å². The zero-order chi connectivity index (χ0) is 15.5. The third kappa shape index (κ3) is 5.74. The van der Waals surface area contributed by atoms with Crippen LogP contribution in [-0.2, 0) is 9.63 Å². The monoisotopic (exact) mass is 272 g/mol. The number of hydroxylamine groups is 2. The van der Waals surface area contributed by atoms with Crippen LogP contribution >= 0.6 is 0 Å². The Labute approximate surface area is 119 Å². The normalized spacial score (nSPS) is 13.5. The average Bonchev–Trinajstić information content (AvgIpc) is 2.12. The third-order valence-electron chi connectivity index (χ3n) is 2.48. The Morgan fingerprint density at radius 2 is 1.68 bits per heavy atom. The van der Waals surface area contributed by atoms with E-state index in [1.807, 2.05) is 55.4 Å². The maximum Gasteiger partial charge on any atom is 0.242 e. The quantitative estimate of drug-likeness (QED) is 0.617. The van der Waals surface area contributed by atoms with Crippen LogP contribution in [0.15, 0.2) is 12.7 Å². The van der Waals surface area contributed by atoms with Gasteiger partial charge in [0.15, 0.2) is 0 Å². The molecular formula is C15H32N2O2. The van der Waals surface area contributed by atoms with E-state index in [0.29, 0.717) is 6.61 Å². The zero-order valence-corrected chi connectivity index (χ0v) is 13.8. The van der Waals surface area contributed by atoms with Crippen molar-refractivity contribution in [1.82, 2.24) is 10.4 Å². The summed E-state index contributed by atoms with van der Waals surface area (Å²) in [5.41, 5.74) is -1.33. The van der Waals surface area contributed by atoms with E-state index in [9.17, 15) is 4.79 Å². The van der Waals surface area contributed by atoms with Crippen molar-refractivity contribution in [3.63, 3.8) is 0 Å². The predicted molar refractivity (Wildman–Crippen MR) is 81.8 cm³/mol. The topological polar surface area (TPSA) is 41.6 Å². The lowest BCUT2D eigenvalue weighted by atomic mass is 9.95. The third-order valence-corrected chi connectivity index (χ3v) is 2.48. The molecule has 0 rings (SSSR count). The largest absolute Gasteiger partial charge is 0.350 e. The minimum absolute atomic E-state index is 0. The van der Waals surface area contributed by atoms with Crippen LogP contribution in [0.2, 0.25) is 0 Å². The molecule has 0 aromatic heterocycles. The van der Waals surface area contributed by atoms with Gasteiger partial charge in [0.05, 0.1) is 6.61 Å². The Bertz CT molecular complexity index is 328. The summed E-state index contributed by atoms with van der Waals surface area (Å²) in [6.45, 7) is 19.7. The second kappa shape index (κ2) is 6.06. The molecule has 0 radical (unpaired) electrons. The molecule has 0 bridgehead atoms. The average molecular weight is 272 g/mol. The lowest BCUT2D eigenvalue weighted by Gasteiger charge is -2.45. The summed E-state index contributed by atoms with van der Waals surface area (Å²) in [6.07, 6.45) is 1.68. The number of hydrogen-bond donors (Lipinski definition) is 1. The number of carbonyl (C=O) groups excluding carboxylic acids is 1. The van der Waals surface area contributed by atoms with Crippen LogP contribution in [0.5, 0.6) is 0 Å². The lowest BCUT2D eigenvalue weighted by molar-refractivity contribution is -0.250. The van der Waals surface area contributed by atoms with Gasteiger partial charge in [-0.1, -0.05) is 6.08 Å². The van der Waals surface area contributed by atoms with E-state index >= 15 is 0 Å². The first-order valence-corrected chi connectivity index (χ1v) is 6.69. The summed E-state index contributed by atoms with van der Waals surface area (Å²) in [6, 6.07) is 0. The van der Waals surface area contributed by atoms with Gasteiger partial charge in [0.25, 0.3) is 0 Å². The summed E-state index contributed by atoms with van der Waals surface area (Å²) in [4.78, 5) is 18.2. The Balaban J connectivity index is 0. The number of rotatable bonds is 5. The Kier molecular flexibility index (Phi) is 5.78. The van der Waals surface area contributed by atoms with E-state index in [4.69, 9.17) is 4.84 Å². The molecule has 4 nitrogen and oxygen atoms in total. The zero-order valence-electron chi connectivity index (χ0n) is 13.8. The number of nitrogens with zero attached hydrogens (tertiary/aromatic N) is 1.